The van der Waals surface area contributed by atoms with Gasteiger partial charge in [0.15, 0.2) is 6.10 Å². The zero-order chi connectivity index (χ0) is 29.4. The van der Waals surface area contributed by atoms with E-state index in [1.807, 2.05) is 0 Å². The molecule has 5 rings (SSSR count). The van der Waals surface area contributed by atoms with E-state index in [9.17, 15) is 20.1 Å². The number of amides is 1. The summed E-state index contributed by atoms with van der Waals surface area (Å²) >= 11 is 24.7. The van der Waals surface area contributed by atoms with Crippen LogP contribution in [0.25, 0.3) is 11.3 Å². The summed E-state index contributed by atoms with van der Waals surface area (Å²) in [7, 11) is 1.36. The van der Waals surface area contributed by atoms with Gasteiger partial charge >= 0.3 is 0 Å². The molecule has 2 aromatic carbocycles. The normalized spacial score (nSPS) is 28.1. The highest BCUT2D eigenvalue weighted by atomic mass is 35.5. The fraction of sp³-hybridized carbons (Fsp3) is 0.423. The number of rotatable bonds is 7. The van der Waals surface area contributed by atoms with Crippen LogP contribution < -0.4 is 4.90 Å². The predicted octanol–water partition coefficient (Wildman–Crippen LogP) is 3.03. The Morgan fingerprint density at radius 3 is 2.44 bits per heavy atom. The van der Waals surface area contributed by atoms with Crippen molar-refractivity contribution in [1.82, 2.24) is 15.0 Å². The van der Waals surface area contributed by atoms with Crippen molar-refractivity contribution in [2.45, 2.75) is 42.6 Å². The van der Waals surface area contributed by atoms with Gasteiger partial charge < -0.3 is 34.4 Å². The number of halogens is 4. The molecular weight excluding hydrogens is 622 g/mol. The molecule has 11 nitrogen and oxygen atoms in total. The van der Waals surface area contributed by atoms with Crippen LogP contribution in [0.5, 0.6) is 0 Å². The summed E-state index contributed by atoms with van der Waals surface area (Å²) < 4.78 is 18.5. The SMILES string of the molecule is CO[C@@H]1[C@@H](n2cc(-c3ccc(Cl)c(Cl)c3)nn2)[C@@H](O)[C@@H](CO)O[C@H]1C(=O)N(c1cc(Cl)cc(Cl)c1)[C@@H]1COC[C@H]1O. The van der Waals surface area contributed by atoms with Gasteiger partial charge in [0, 0.05) is 28.4 Å². The van der Waals surface area contributed by atoms with Crippen molar-refractivity contribution >= 4 is 58.0 Å². The van der Waals surface area contributed by atoms with Crippen LogP contribution in [0.4, 0.5) is 5.69 Å². The summed E-state index contributed by atoms with van der Waals surface area (Å²) in [5, 5.41) is 41.6. The Morgan fingerprint density at radius 2 is 1.83 bits per heavy atom. The van der Waals surface area contributed by atoms with Crippen LogP contribution in [0, 0.1) is 0 Å². The molecule has 0 unspecified atom stereocenters. The summed E-state index contributed by atoms with van der Waals surface area (Å²) in [5.41, 5.74) is 1.33. The summed E-state index contributed by atoms with van der Waals surface area (Å²) in [6.07, 6.45) is -4.46. The van der Waals surface area contributed by atoms with Crippen LogP contribution in [0.3, 0.4) is 0 Å². The molecule has 2 aliphatic heterocycles. The minimum absolute atomic E-state index is 0.0129. The Balaban J connectivity index is 1.54. The zero-order valence-electron chi connectivity index (χ0n) is 21.5. The van der Waals surface area contributed by atoms with Crippen molar-refractivity contribution in [1.29, 1.82) is 0 Å². The van der Waals surface area contributed by atoms with Gasteiger partial charge in [-0.3, -0.25) is 4.79 Å². The van der Waals surface area contributed by atoms with Crippen molar-refractivity contribution in [2.75, 3.05) is 31.8 Å². The minimum atomic E-state index is -1.37. The Kier molecular flexibility index (Phi) is 9.41. The van der Waals surface area contributed by atoms with E-state index in [4.69, 9.17) is 60.6 Å². The molecule has 3 N–H and O–H groups in total. The number of hydrogen-bond acceptors (Lipinski definition) is 9. The first-order chi connectivity index (χ1) is 19.6. The average molecular weight is 648 g/mol. The zero-order valence-corrected chi connectivity index (χ0v) is 24.5. The lowest BCUT2D eigenvalue weighted by Crippen LogP contribution is -2.63. The monoisotopic (exact) mass is 646 g/mol. The van der Waals surface area contributed by atoms with E-state index in [0.29, 0.717) is 27.0 Å². The molecule has 7 atom stereocenters. The third-order valence-electron chi connectivity index (χ3n) is 7.13. The smallest absolute Gasteiger partial charge is 0.259 e. The van der Waals surface area contributed by atoms with Gasteiger partial charge in [-0.05, 0) is 30.3 Å². The molecule has 2 saturated heterocycles. The summed E-state index contributed by atoms with van der Waals surface area (Å²) in [6.45, 7) is -0.559. The molecule has 0 aliphatic carbocycles. The van der Waals surface area contributed by atoms with E-state index in [0.717, 1.165) is 0 Å². The quantitative estimate of drug-likeness (QED) is 0.353. The molecule has 3 heterocycles. The molecule has 220 valence electrons. The number of carbonyl (C=O) groups is 1. The van der Waals surface area contributed by atoms with Gasteiger partial charge in [0.25, 0.3) is 5.91 Å². The van der Waals surface area contributed by atoms with Crippen LogP contribution >= 0.6 is 46.4 Å². The van der Waals surface area contributed by atoms with Gasteiger partial charge in [-0.15, -0.1) is 5.10 Å². The highest BCUT2D eigenvalue weighted by molar-refractivity contribution is 6.42. The summed E-state index contributed by atoms with van der Waals surface area (Å²) in [5.74, 6) is -0.634. The van der Waals surface area contributed by atoms with Crippen molar-refractivity contribution < 1.29 is 34.3 Å². The third-order valence-corrected chi connectivity index (χ3v) is 8.31. The Hall–Kier alpha value is -2.03. The van der Waals surface area contributed by atoms with Crippen LogP contribution in [0.15, 0.2) is 42.6 Å². The van der Waals surface area contributed by atoms with Gasteiger partial charge in [-0.1, -0.05) is 57.7 Å². The molecule has 15 heteroatoms. The lowest BCUT2D eigenvalue weighted by Gasteiger charge is -2.45. The van der Waals surface area contributed by atoms with Gasteiger partial charge in [-0.25, -0.2) is 4.68 Å². The summed E-state index contributed by atoms with van der Waals surface area (Å²) in [6, 6.07) is 7.70. The van der Waals surface area contributed by atoms with Crippen LogP contribution in [0.1, 0.15) is 6.04 Å². The minimum Gasteiger partial charge on any atom is -0.394 e. The number of aliphatic hydroxyl groups excluding tert-OH is 3. The molecule has 41 heavy (non-hydrogen) atoms. The largest absolute Gasteiger partial charge is 0.394 e. The number of ether oxygens (including phenoxy) is 3. The average Bonchev–Trinajstić information content (AvgIpc) is 3.59. The maximum Gasteiger partial charge on any atom is 0.259 e. The number of nitrogens with zero attached hydrogens (tertiary/aromatic N) is 4. The number of benzene rings is 2. The van der Waals surface area contributed by atoms with E-state index < -0.39 is 55.1 Å². The van der Waals surface area contributed by atoms with Gasteiger partial charge in [0.2, 0.25) is 0 Å². The highest BCUT2D eigenvalue weighted by Gasteiger charge is 2.52. The van der Waals surface area contributed by atoms with E-state index in [1.54, 1.807) is 24.4 Å². The van der Waals surface area contributed by atoms with E-state index in [2.05, 4.69) is 10.3 Å². The van der Waals surface area contributed by atoms with Gasteiger partial charge in [-0.2, -0.15) is 0 Å². The van der Waals surface area contributed by atoms with Crippen LogP contribution in [0.2, 0.25) is 20.1 Å². The second kappa shape index (κ2) is 12.7. The molecule has 3 aromatic rings. The lowest BCUT2D eigenvalue weighted by atomic mass is 9.91. The first-order valence-electron chi connectivity index (χ1n) is 12.5. The maximum atomic E-state index is 14.3. The number of aliphatic hydroxyl groups is 3. The highest BCUT2D eigenvalue weighted by Crippen LogP contribution is 2.37. The number of hydrogen-bond donors (Lipinski definition) is 3. The number of aromatic nitrogens is 3. The number of anilines is 1. The number of carbonyl (C=O) groups excluding carboxylic acids is 1. The Bertz CT molecular complexity index is 1390. The molecule has 1 aromatic heterocycles. The Morgan fingerprint density at radius 1 is 1.10 bits per heavy atom. The van der Waals surface area contributed by atoms with E-state index in [1.165, 1.54) is 34.9 Å². The lowest BCUT2D eigenvalue weighted by molar-refractivity contribution is -0.211. The Labute approximate surface area is 255 Å². The van der Waals surface area contributed by atoms with Crippen molar-refractivity contribution in [2.24, 2.45) is 0 Å². The molecule has 1 amide bonds. The van der Waals surface area contributed by atoms with Crippen molar-refractivity contribution in [3.63, 3.8) is 0 Å². The molecule has 0 radical (unpaired) electrons. The molecular formula is C26H26Cl4N4O7. The molecule has 0 saturated carbocycles. The topological polar surface area (TPSA) is 139 Å². The fourth-order valence-corrected chi connectivity index (χ4v) is 5.96. The first kappa shape index (κ1) is 30.4. The standard InChI is InChI=1S/C26H26Cl4N4O7/c1-39-24-22(33-8-18(31-32-33)12-2-3-16(29)17(30)4-12)23(37)21(9-35)41-25(24)26(38)34(19-10-40-11-20(19)36)15-6-13(27)5-14(28)7-15/h2-8,19-25,35-37H,9-11H2,1H3/t19-,20-,21-,22+,23+,24-,25-/m1/s1. The number of methoxy groups -OCH3 is 1. The second-order valence-corrected chi connectivity index (χ2v) is 11.4. The first-order valence-corrected chi connectivity index (χ1v) is 14.0. The molecule has 0 spiro atoms. The summed E-state index contributed by atoms with van der Waals surface area (Å²) in [4.78, 5) is 15.6. The van der Waals surface area contributed by atoms with Crippen LogP contribution in [-0.4, -0.2) is 99.7 Å². The van der Waals surface area contributed by atoms with Crippen LogP contribution in [-0.2, 0) is 19.0 Å². The molecule has 0 bridgehead atoms. The molecule has 2 fully saturated rings. The van der Waals surface area contributed by atoms with E-state index in [-0.39, 0.29) is 23.3 Å². The van der Waals surface area contributed by atoms with Gasteiger partial charge in [0.1, 0.15) is 36.2 Å². The maximum absolute atomic E-state index is 14.3. The fourth-order valence-electron chi connectivity index (χ4n) is 5.15. The third kappa shape index (κ3) is 6.07. The van der Waals surface area contributed by atoms with Crippen molar-refractivity contribution in [3.8, 4) is 11.3 Å². The second-order valence-electron chi connectivity index (χ2n) is 9.68. The van der Waals surface area contributed by atoms with E-state index >= 15 is 0 Å². The van der Waals surface area contributed by atoms with Gasteiger partial charge in [0.05, 0.1) is 42.1 Å². The van der Waals surface area contributed by atoms with Crippen molar-refractivity contribution in [3.05, 3.63) is 62.7 Å². The predicted molar refractivity (Wildman–Crippen MR) is 152 cm³/mol. The molecule has 2 aliphatic rings.